The van der Waals surface area contributed by atoms with Gasteiger partial charge < -0.3 is 10.1 Å². The zero-order valence-electron chi connectivity index (χ0n) is 18.2. The van der Waals surface area contributed by atoms with Crippen LogP contribution in [0.15, 0.2) is 42.7 Å². The Bertz CT molecular complexity index is 1160. The molecule has 0 saturated heterocycles. The Kier molecular flexibility index (Phi) is 5.35. The van der Waals surface area contributed by atoms with E-state index in [1.807, 2.05) is 58.0 Å². The third-order valence-corrected chi connectivity index (χ3v) is 4.97. The van der Waals surface area contributed by atoms with Crippen LogP contribution in [0.5, 0.6) is 0 Å². The number of nitrogens with zero attached hydrogens (tertiary/aromatic N) is 2. The zero-order valence-corrected chi connectivity index (χ0v) is 18.2. The average molecular weight is 418 g/mol. The Balaban J connectivity index is 1.52. The average Bonchev–Trinajstić information content (AvgIpc) is 3.51. The number of anilines is 2. The molecular formula is C24H26N4O3. The van der Waals surface area contributed by atoms with Crippen molar-refractivity contribution in [1.82, 2.24) is 9.97 Å². The van der Waals surface area contributed by atoms with Gasteiger partial charge in [-0.2, -0.15) is 0 Å². The molecule has 0 aliphatic heterocycles. The van der Waals surface area contributed by atoms with Crippen molar-refractivity contribution >= 4 is 34.4 Å². The van der Waals surface area contributed by atoms with E-state index in [0.717, 1.165) is 40.3 Å². The number of aryl methyl sites for hydroxylation is 1. The summed E-state index contributed by atoms with van der Waals surface area (Å²) < 4.78 is 5.27. The fraction of sp³-hybridized carbons (Fsp3) is 0.333. The van der Waals surface area contributed by atoms with Crippen molar-refractivity contribution in [2.75, 3.05) is 10.6 Å². The topological polar surface area (TPSA) is 93.2 Å². The minimum Gasteiger partial charge on any atom is -0.444 e. The number of nitrogens with one attached hydrogen (secondary N) is 2. The maximum Gasteiger partial charge on any atom is 0.413 e. The molecule has 1 aromatic carbocycles. The van der Waals surface area contributed by atoms with E-state index in [2.05, 4.69) is 20.6 Å². The maximum atomic E-state index is 12.0. The first-order chi connectivity index (χ1) is 14.7. The molecule has 4 rings (SSSR count). The standard InChI is InChI=1S/C24H26N4O3/c1-14-9-20(28-23(30)31-24(2,3)4)26-13-19(14)17-8-7-16-11-21(25-12-18(16)10-17)27-22(29)15-5-6-15/h7-13,15H,5-6H2,1-4H3,(H,25,27,29)(H,26,28,30). The highest BCUT2D eigenvalue weighted by Gasteiger charge is 2.29. The van der Waals surface area contributed by atoms with Crippen LogP contribution in [0.1, 0.15) is 39.2 Å². The van der Waals surface area contributed by atoms with Gasteiger partial charge in [0.2, 0.25) is 5.91 Å². The molecule has 1 aliphatic carbocycles. The number of ether oxygens (including phenoxy) is 1. The Labute approximate surface area is 181 Å². The molecular weight excluding hydrogens is 392 g/mol. The molecule has 1 saturated carbocycles. The summed E-state index contributed by atoms with van der Waals surface area (Å²) >= 11 is 0. The molecule has 0 unspecified atom stereocenters. The second-order valence-corrected chi connectivity index (χ2v) is 8.91. The summed E-state index contributed by atoms with van der Waals surface area (Å²) in [5.41, 5.74) is 2.36. The number of carbonyl (C=O) groups excluding carboxylic acids is 2. The summed E-state index contributed by atoms with van der Waals surface area (Å²) in [4.78, 5) is 32.7. The number of rotatable bonds is 4. The predicted octanol–water partition coefficient (Wildman–Crippen LogP) is 5.30. The first-order valence-electron chi connectivity index (χ1n) is 10.4. The highest BCUT2D eigenvalue weighted by molar-refractivity contribution is 5.96. The summed E-state index contributed by atoms with van der Waals surface area (Å²) in [6.07, 6.45) is 4.89. The van der Waals surface area contributed by atoms with Crippen molar-refractivity contribution in [3.8, 4) is 11.1 Å². The van der Waals surface area contributed by atoms with Crippen LogP contribution in [0.2, 0.25) is 0 Å². The molecule has 160 valence electrons. The number of fused-ring (bicyclic) bond motifs is 1. The van der Waals surface area contributed by atoms with Crippen LogP contribution in [0, 0.1) is 12.8 Å². The van der Waals surface area contributed by atoms with Gasteiger partial charge in [0.1, 0.15) is 17.2 Å². The lowest BCUT2D eigenvalue weighted by atomic mass is 10.00. The van der Waals surface area contributed by atoms with Gasteiger partial charge in [0, 0.05) is 29.3 Å². The highest BCUT2D eigenvalue weighted by atomic mass is 16.6. The van der Waals surface area contributed by atoms with E-state index in [0.29, 0.717) is 11.6 Å². The highest BCUT2D eigenvalue weighted by Crippen LogP contribution is 2.31. The molecule has 0 radical (unpaired) electrons. The lowest BCUT2D eigenvalue weighted by Crippen LogP contribution is -2.27. The summed E-state index contributed by atoms with van der Waals surface area (Å²) in [6, 6.07) is 9.77. The molecule has 7 nitrogen and oxygen atoms in total. The van der Waals surface area contributed by atoms with Gasteiger partial charge in [-0.25, -0.2) is 14.8 Å². The molecule has 1 fully saturated rings. The van der Waals surface area contributed by atoms with Crippen LogP contribution in [-0.4, -0.2) is 27.6 Å². The predicted molar refractivity (Wildman–Crippen MR) is 121 cm³/mol. The lowest BCUT2D eigenvalue weighted by Gasteiger charge is -2.19. The lowest BCUT2D eigenvalue weighted by molar-refractivity contribution is -0.117. The van der Waals surface area contributed by atoms with Gasteiger partial charge in [-0.15, -0.1) is 0 Å². The SMILES string of the molecule is Cc1cc(NC(=O)OC(C)(C)C)ncc1-c1ccc2cc(NC(=O)C3CC3)ncc2c1. The smallest absolute Gasteiger partial charge is 0.413 e. The van der Waals surface area contributed by atoms with E-state index in [-0.39, 0.29) is 11.8 Å². The summed E-state index contributed by atoms with van der Waals surface area (Å²) in [6.45, 7) is 7.41. The van der Waals surface area contributed by atoms with Gasteiger partial charge >= 0.3 is 6.09 Å². The van der Waals surface area contributed by atoms with Gasteiger partial charge in [0.15, 0.2) is 0 Å². The normalized spacial score (nSPS) is 13.7. The minimum atomic E-state index is -0.571. The van der Waals surface area contributed by atoms with Crippen LogP contribution in [0.3, 0.4) is 0 Å². The van der Waals surface area contributed by atoms with Gasteiger partial charge in [-0.1, -0.05) is 12.1 Å². The Morgan fingerprint density at radius 2 is 1.68 bits per heavy atom. The second kappa shape index (κ2) is 7.98. The molecule has 2 N–H and O–H groups in total. The van der Waals surface area contributed by atoms with E-state index in [1.165, 1.54) is 0 Å². The maximum absolute atomic E-state index is 12.0. The summed E-state index contributed by atoms with van der Waals surface area (Å²) in [7, 11) is 0. The van der Waals surface area contributed by atoms with Crippen molar-refractivity contribution in [2.45, 2.75) is 46.1 Å². The van der Waals surface area contributed by atoms with Crippen LogP contribution < -0.4 is 10.6 Å². The van der Waals surface area contributed by atoms with Crippen molar-refractivity contribution in [1.29, 1.82) is 0 Å². The number of hydrogen-bond acceptors (Lipinski definition) is 5. The minimum absolute atomic E-state index is 0.0465. The van der Waals surface area contributed by atoms with Crippen LogP contribution in [0.4, 0.5) is 16.4 Å². The van der Waals surface area contributed by atoms with Crippen molar-refractivity contribution < 1.29 is 14.3 Å². The van der Waals surface area contributed by atoms with Crippen LogP contribution in [0.25, 0.3) is 21.9 Å². The van der Waals surface area contributed by atoms with E-state index in [9.17, 15) is 9.59 Å². The van der Waals surface area contributed by atoms with Crippen molar-refractivity contribution in [2.24, 2.45) is 5.92 Å². The molecule has 0 atom stereocenters. The number of pyridine rings is 2. The van der Waals surface area contributed by atoms with E-state index in [1.54, 1.807) is 12.4 Å². The van der Waals surface area contributed by atoms with Crippen molar-refractivity contribution in [3.05, 3.63) is 48.3 Å². The zero-order chi connectivity index (χ0) is 22.2. The monoisotopic (exact) mass is 418 g/mol. The quantitative estimate of drug-likeness (QED) is 0.600. The fourth-order valence-electron chi connectivity index (χ4n) is 3.29. The van der Waals surface area contributed by atoms with E-state index in [4.69, 9.17) is 4.74 Å². The molecule has 2 heterocycles. The molecule has 0 spiro atoms. The summed E-state index contributed by atoms with van der Waals surface area (Å²) in [5.74, 6) is 1.20. The second-order valence-electron chi connectivity index (χ2n) is 8.91. The molecule has 31 heavy (non-hydrogen) atoms. The molecule has 3 aromatic rings. The van der Waals surface area contributed by atoms with Crippen LogP contribution in [-0.2, 0) is 9.53 Å². The molecule has 0 bridgehead atoms. The third kappa shape index (κ3) is 5.17. The van der Waals surface area contributed by atoms with Gasteiger partial charge in [0.05, 0.1) is 0 Å². The van der Waals surface area contributed by atoms with Gasteiger partial charge in [0.25, 0.3) is 0 Å². The van der Waals surface area contributed by atoms with Gasteiger partial charge in [-0.3, -0.25) is 10.1 Å². The Morgan fingerprint density at radius 3 is 2.35 bits per heavy atom. The molecule has 2 aromatic heterocycles. The first-order valence-corrected chi connectivity index (χ1v) is 10.4. The number of hydrogen-bond donors (Lipinski definition) is 2. The first kappa shape index (κ1) is 20.8. The third-order valence-electron chi connectivity index (χ3n) is 4.97. The molecule has 1 aliphatic rings. The summed E-state index contributed by atoms with van der Waals surface area (Å²) in [5, 5.41) is 7.52. The van der Waals surface area contributed by atoms with Crippen molar-refractivity contribution in [3.63, 3.8) is 0 Å². The molecule has 7 heteroatoms. The van der Waals surface area contributed by atoms with Crippen LogP contribution >= 0.6 is 0 Å². The van der Waals surface area contributed by atoms with Gasteiger partial charge in [-0.05, 0) is 75.2 Å². The van der Waals surface area contributed by atoms with E-state index < -0.39 is 11.7 Å². The van der Waals surface area contributed by atoms with E-state index >= 15 is 0 Å². The number of carbonyl (C=O) groups is 2. The number of benzene rings is 1. The number of amides is 2. The number of aromatic nitrogens is 2. The Hall–Kier alpha value is -3.48. The molecule has 2 amide bonds. The Morgan fingerprint density at radius 1 is 0.968 bits per heavy atom. The largest absolute Gasteiger partial charge is 0.444 e. The fourth-order valence-corrected chi connectivity index (χ4v) is 3.29.